The highest BCUT2D eigenvalue weighted by Gasteiger charge is 2.18. The van der Waals surface area contributed by atoms with Gasteiger partial charge in [-0.3, -0.25) is 0 Å². The van der Waals surface area contributed by atoms with E-state index in [0.29, 0.717) is 0 Å². The van der Waals surface area contributed by atoms with Gasteiger partial charge in [0, 0.05) is 23.2 Å². The van der Waals surface area contributed by atoms with Crippen molar-refractivity contribution in [1.29, 1.82) is 0 Å². The van der Waals surface area contributed by atoms with Crippen molar-refractivity contribution < 1.29 is 0 Å². The summed E-state index contributed by atoms with van der Waals surface area (Å²) < 4.78 is 0. The summed E-state index contributed by atoms with van der Waals surface area (Å²) in [4.78, 5) is 13.9. The lowest BCUT2D eigenvalue weighted by Crippen LogP contribution is -2.13. The minimum absolute atomic E-state index is 0.765. The summed E-state index contributed by atoms with van der Waals surface area (Å²) in [5.41, 5.74) is 3.41. The maximum atomic E-state index is 4.73. The fraction of sp³-hybridized carbons (Fsp3) is 0.500. The maximum Gasteiger partial charge on any atom is 0.181 e. The van der Waals surface area contributed by atoms with Crippen LogP contribution in [0.15, 0.2) is 5.38 Å². The van der Waals surface area contributed by atoms with Crippen molar-refractivity contribution in [3.63, 3.8) is 0 Å². The Labute approximate surface area is 117 Å². The van der Waals surface area contributed by atoms with Gasteiger partial charge in [-0.05, 0) is 39.5 Å². The molecule has 0 amide bonds. The molecule has 1 N–H and O–H groups in total. The van der Waals surface area contributed by atoms with Crippen LogP contribution in [0, 0.1) is 6.92 Å². The van der Waals surface area contributed by atoms with Crippen LogP contribution in [-0.4, -0.2) is 21.5 Å². The first kappa shape index (κ1) is 12.5. The molecule has 0 bridgehead atoms. The van der Waals surface area contributed by atoms with E-state index in [4.69, 9.17) is 4.98 Å². The molecule has 5 heteroatoms. The van der Waals surface area contributed by atoms with E-state index in [1.54, 1.807) is 11.3 Å². The van der Waals surface area contributed by atoms with E-state index in [9.17, 15) is 0 Å². The van der Waals surface area contributed by atoms with Crippen LogP contribution in [0.5, 0.6) is 0 Å². The van der Waals surface area contributed by atoms with E-state index in [2.05, 4.69) is 22.2 Å². The molecule has 2 aromatic heterocycles. The van der Waals surface area contributed by atoms with Gasteiger partial charge in [-0.25, -0.2) is 15.0 Å². The van der Waals surface area contributed by atoms with Gasteiger partial charge in [-0.1, -0.05) is 0 Å². The molecule has 0 aromatic carbocycles. The van der Waals surface area contributed by atoms with Gasteiger partial charge in [0.2, 0.25) is 0 Å². The molecular weight excluding hydrogens is 256 g/mol. The van der Waals surface area contributed by atoms with Crippen LogP contribution >= 0.6 is 11.3 Å². The molecule has 1 aliphatic carbocycles. The summed E-state index contributed by atoms with van der Waals surface area (Å²) >= 11 is 1.64. The van der Waals surface area contributed by atoms with Crippen molar-refractivity contribution in [1.82, 2.24) is 15.0 Å². The number of aromatic nitrogens is 3. The Balaban J connectivity index is 2.08. The van der Waals surface area contributed by atoms with Gasteiger partial charge in [0.1, 0.15) is 11.5 Å². The molecule has 0 atom stereocenters. The Morgan fingerprint density at radius 3 is 2.79 bits per heavy atom. The Morgan fingerprint density at radius 1 is 1.21 bits per heavy atom. The Bertz CT molecular complexity index is 591. The molecule has 1 aliphatic rings. The number of aryl methyl sites for hydroxylation is 2. The smallest absolute Gasteiger partial charge is 0.181 e. The first-order chi connectivity index (χ1) is 9.28. The number of rotatable bonds is 3. The summed E-state index contributed by atoms with van der Waals surface area (Å²) in [5, 5.41) is 6.47. The SMILES string of the molecule is CCNc1nc(-c2csc(C)n2)nc2c1CCCC2. The van der Waals surface area contributed by atoms with E-state index in [1.165, 1.54) is 24.1 Å². The Kier molecular flexibility index (Phi) is 3.46. The number of anilines is 1. The molecule has 0 radical (unpaired) electrons. The Hall–Kier alpha value is -1.49. The number of hydrogen-bond acceptors (Lipinski definition) is 5. The number of nitrogens with zero attached hydrogens (tertiary/aromatic N) is 3. The van der Waals surface area contributed by atoms with Crippen molar-refractivity contribution in [3.05, 3.63) is 21.6 Å². The highest BCUT2D eigenvalue weighted by Crippen LogP contribution is 2.28. The van der Waals surface area contributed by atoms with Crippen molar-refractivity contribution in [3.8, 4) is 11.5 Å². The van der Waals surface area contributed by atoms with E-state index in [1.807, 2.05) is 12.3 Å². The van der Waals surface area contributed by atoms with Crippen molar-refractivity contribution in [2.24, 2.45) is 0 Å². The van der Waals surface area contributed by atoms with Gasteiger partial charge < -0.3 is 5.32 Å². The first-order valence-electron chi connectivity index (χ1n) is 6.84. The van der Waals surface area contributed by atoms with Crippen molar-refractivity contribution >= 4 is 17.2 Å². The van der Waals surface area contributed by atoms with Gasteiger partial charge in [-0.2, -0.15) is 0 Å². The zero-order chi connectivity index (χ0) is 13.2. The molecule has 0 saturated carbocycles. The number of fused-ring (bicyclic) bond motifs is 1. The van der Waals surface area contributed by atoms with Gasteiger partial charge >= 0.3 is 0 Å². The predicted molar refractivity (Wildman–Crippen MR) is 78.7 cm³/mol. The molecule has 4 nitrogen and oxygen atoms in total. The summed E-state index contributed by atoms with van der Waals surface area (Å²) in [6.07, 6.45) is 4.62. The highest BCUT2D eigenvalue weighted by atomic mass is 32.1. The third-order valence-electron chi connectivity index (χ3n) is 3.38. The van der Waals surface area contributed by atoms with E-state index >= 15 is 0 Å². The zero-order valence-electron chi connectivity index (χ0n) is 11.4. The van der Waals surface area contributed by atoms with Gasteiger partial charge in [0.15, 0.2) is 5.82 Å². The maximum absolute atomic E-state index is 4.73. The molecule has 2 heterocycles. The molecule has 19 heavy (non-hydrogen) atoms. The standard InChI is InChI=1S/C14H18N4S/c1-3-15-13-10-6-4-5-7-11(10)17-14(18-13)12-8-19-9(2)16-12/h8H,3-7H2,1-2H3,(H,15,17,18). The summed E-state index contributed by atoms with van der Waals surface area (Å²) in [6, 6.07) is 0. The summed E-state index contributed by atoms with van der Waals surface area (Å²) in [6.45, 7) is 5.00. The zero-order valence-corrected chi connectivity index (χ0v) is 12.2. The molecule has 2 aromatic rings. The average Bonchev–Trinajstić information content (AvgIpc) is 2.86. The van der Waals surface area contributed by atoms with Crippen LogP contribution in [0.25, 0.3) is 11.5 Å². The van der Waals surface area contributed by atoms with Crippen LogP contribution in [0.3, 0.4) is 0 Å². The monoisotopic (exact) mass is 274 g/mol. The summed E-state index contributed by atoms with van der Waals surface area (Å²) in [5.74, 6) is 1.77. The minimum atomic E-state index is 0.765. The topological polar surface area (TPSA) is 50.7 Å². The van der Waals surface area contributed by atoms with Gasteiger partial charge in [0.25, 0.3) is 0 Å². The van der Waals surface area contributed by atoms with Crippen LogP contribution in [0.4, 0.5) is 5.82 Å². The fourth-order valence-corrected chi connectivity index (χ4v) is 3.08. The fourth-order valence-electron chi connectivity index (χ4n) is 2.49. The molecule has 0 unspecified atom stereocenters. The first-order valence-corrected chi connectivity index (χ1v) is 7.72. The van der Waals surface area contributed by atoms with E-state index in [0.717, 1.165) is 41.7 Å². The van der Waals surface area contributed by atoms with Crippen LogP contribution in [0.2, 0.25) is 0 Å². The van der Waals surface area contributed by atoms with Crippen molar-refractivity contribution in [2.45, 2.75) is 39.5 Å². The molecule has 3 rings (SSSR count). The van der Waals surface area contributed by atoms with E-state index in [-0.39, 0.29) is 0 Å². The number of thiazole rings is 1. The normalized spacial score (nSPS) is 14.2. The van der Waals surface area contributed by atoms with Crippen LogP contribution < -0.4 is 5.32 Å². The molecule has 0 saturated heterocycles. The van der Waals surface area contributed by atoms with E-state index < -0.39 is 0 Å². The minimum Gasteiger partial charge on any atom is -0.370 e. The van der Waals surface area contributed by atoms with Crippen LogP contribution in [-0.2, 0) is 12.8 Å². The quantitative estimate of drug-likeness (QED) is 0.933. The molecule has 0 fully saturated rings. The Morgan fingerprint density at radius 2 is 2.05 bits per heavy atom. The van der Waals surface area contributed by atoms with Crippen LogP contribution in [0.1, 0.15) is 36.0 Å². The molecule has 0 aliphatic heterocycles. The number of hydrogen-bond donors (Lipinski definition) is 1. The summed E-state index contributed by atoms with van der Waals surface area (Å²) in [7, 11) is 0. The van der Waals surface area contributed by atoms with Crippen molar-refractivity contribution in [2.75, 3.05) is 11.9 Å². The third kappa shape index (κ3) is 2.47. The molecule has 100 valence electrons. The second kappa shape index (κ2) is 5.25. The van der Waals surface area contributed by atoms with Gasteiger partial charge in [0.05, 0.1) is 5.01 Å². The second-order valence-corrected chi connectivity index (χ2v) is 5.87. The predicted octanol–water partition coefficient (Wildman–Crippen LogP) is 3.22. The second-order valence-electron chi connectivity index (χ2n) is 4.81. The lowest BCUT2D eigenvalue weighted by atomic mass is 9.96. The lowest BCUT2D eigenvalue weighted by Gasteiger charge is -2.19. The lowest BCUT2D eigenvalue weighted by molar-refractivity contribution is 0.664. The average molecular weight is 274 g/mol. The molecule has 0 spiro atoms. The largest absolute Gasteiger partial charge is 0.370 e. The third-order valence-corrected chi connectivity index (χ3v) is 4.15. The number of nitrogens with one attached hydrogen (secondary N) is 1. The molecular formula is C14H18N4S. The highest BCUT2D eigenvalue weighted by molar-refractivity contribution is 7.09. The van der Waals surface area contributed by atoms with Gasteiger partial charge in [-0.15, -0.1) is 11.3 Å².